The van der Waals surface area contributed by atoms with Crippen LogP contribution in [-0.4, -0.2) is 5.91 Å². The van der Waals surface area contributed by atoms with Crippen molar-refractivity contribution in [2.45, 2.75) is 13.3 Å². The number of pyridine rings is 1. The van der Waals surface area contributed by atoms with E-state index in [0.29, 0.717) is 24.5 Å². The van der Waals surface area contributed by atoms with Crippen molar-refractivity contribution in [3.05, 3.63) is 90.3 Å². The quantitative estimate of drug-likeness (QED) is 0.334. The van der Waals surface area contributed by atoms with Gasteiger partial charge in [0.2, 0.25) is 6.67 Å². The number of ether oxygens (including phenoxy) is 1. The van der Waals surface area contributed by atoms with Crippen LogP contribution in [0.1, 0.15) is 15.9 Å². The van der Waals surface area contributed by atoms with Crippen LogP contribution in [0.3, 0.4) is 0 Å². The minimum Gasteiger partial charge on any atom is -1.00 e. The van der Waals surface area contributed by atoms with Gasteiger partial charge >= 0.3 is 0 Å². The zero-order valence-electron chi connectivity index (χ0n) is 14.6. The molecule has 0 unspecified atom stereocenters. The number of hydrogen-bond acceptors (Lipinski definition) is 4. The number of nitrogen functional groups attached to an aromatic ring is 1. The van der Waals surface area contributed by atoms with E-state index in [1.807, 2.05) is 47.3 Å². The molecule has 0 atom stereocenters. The van der Waals surface area contributed by atoms with Gasteiger partial charge in [0.15, 0.2) is 12.4 Å². The van der Waals surface area contributed by atoms with Crippen molar-refractivity contribution in [3.63, 3.8) is 0 Å². The molecule has 6 nitrogen and oxygen atoms in total. The standard InChI is InChI=1S/C20H20N4O2.BrH/c21-18-10-12-24(13-11-18)15-22-23-20(25)17-6-8-19(9-7-17)26-14-16-4-2-1-3-5-16;/h1-13,21-22H,14-15H2,(H,23,25);1H. The maximum absolute atomic E-state index is 12.1. The zero-order valence-corrected chi connectivity index (χ0v) is 16.2. The molecule has 1 heterocycles. The summed E-state index contributed by atoms with van der Waals surface area (Å²) in [6, 6.07) is 20.5. The van der Waals surface area contributed by atoms with Crippen molar-refractivity contribution in [3.8, 4) is 5.75 Å². The first kappa shape index (κ1) is 20.4. The number of amides is 1. The van der Waals surface area contributed by atoms with Gasteiger partial charge in [0.1, 0.15) is 12.4 Å². The highest BCUT2D eigenvalue weighted by molar-refractivity contribution is 5.93. The molecule has 3 aromatic rings. The van der Waals surface area contributed by atoms with Crippen LogP contribution in [0.5, 0.6) is 5.75 Å². The second kappa shape index (κ2) is 10.3. The Morgan fingerprint density at radius 2 is 1.63 bits per heavy atom. The number of nitrogens with one attached hydrogen (secondary N) is 2. The van der Waals surface area contributed by atoms with E-state index in [1.165, 1.54) is 0 Å². The maximum atomic E-state index is 12.1. The second-order valence-corrected chi connectivity index (χ2v) is 5.73. The van der Waals surface area contributed by atoms with Gasteiger partial charge in [-0.15, -0.1) is 0 Å². The van der Waals surface area contributed by atoms with Crippen LogP contribution in [0.4, 0.5) is 5.69 Å². The van der Waals surface area contributed by atoms with Crippen molar-refractivity contribution in [1.82, 2.24) is 10.9 Å². The molecule has 1 aromatic heterocycles. The summed E-state index contributed by atoms with van der Waals surface area (Å²) in [5, 5.41) is 0. The molecule has 0 saturated heterocycles. The molecule has 4 N–H and O–H groups in total. The number of hydrogen-bond donors (Lipinski definition) is 3. The highest BCUT2D eigenvalue weighted by atomic mass is 79.9. The molecule has 1 amide bonds. The van der Waals surface area contributed by atoms with Crippen LogP contribution in [0.25, 0.3) is 0 Å². The van der Waals surface area contributed by atoms with Crippen LogP contribution in [0.2, 0.25) is 0 Å². The Kier molecular flexibility index (Phi) is 7.79. The molecule has 0 fully saturated rings. The van der Waals surface area contributed by atoms with E-state index in [-0.39, 0.29) is 22.9 Å². The average molecular weight is 429 g/mol. The molecular formula is C20H21BrN4O2. The van der Waals surface area contributed by atoms with Crippen molar-refractivity contribution in [2.75, 3.05) is 5.73 Å². The van der Waals surface area contributed by atoms with Gasteiger partial charge in [-0.1, -0.05) is 30.3 Å². The SMILES string of the molecule is Nc1cc[n+](CNNC(=O)c2ccc(OCc3ccccc3)cc2)cc1.[Br-]. The number of halogens is 1. The monoisotopic (exact) mass is 428 g/mol. The van der Waals surface area contributed by atoms with Crippen molar-refractivity contribution < 1.29 is 31.1 Å². The van der Waals surface area contributed by atoms with Crippen LogP contribution < -0.4 is 42.9 Å². The lowest BCUT2D eigenvalue weighted by molar-refractivity contribution is -0.702. The predicted molar refractivity (Wildman–Crippen MR) is 98.9 cm³/mol. The first-order chi connectivity index (χ1) is 12.7. The number of carbonyl (C=O) groups is 1. The van der Waals surface area contributed by atoms with E-state index in [1.54, 1.807) is 36.4 Å². The van der Waals surface area contributed by atoms with Gasteiger partial charge in [0.05, 0.1) is 0 Å². The molecule has 3 rings (SSSR count). The van der Waals surface area contributed by atoms with E-state index in [0.717, 1.165) is 11.3 Å². The Morgan fingerprint density at radius 3 is 2.30 bits per heavy atom. The lowest BCUT2D eigenvalue weighted by Crippen LogP contribution is -3.00. The zero-order chi connectivity index (χ0) is 18.2. The fourth-order valence-corrected chi connectivity index (χ4v) is 2.30. The van der Waals surface area contributed by atoms with Crippen molar-refractivity contribution >= 4 is 11.6 Å². The third-order valence-corrected chi connectivity index (χ3v) is 3.75. The van der Waals surface area contributed by atoms with E-state index in [9.17, 15) is 4.79 Å². The summed E-state index contributed by atoms with van der Waals surface area (Å²) >= 11 is 0. The number of benzene rings is 2. The van der Waals surface area contributed by atoms with Crippen molar-refractivity contribution in [1.29, 1.82) is 0 Å². The number of aromatic nitrogens is 1. The Labute approximate surface area is 168 Å². The smallest absolute Gasteiger partial charge is 0.265 e. The van der Waals surface area contributed by atoms with E-state index in [4.69, 9.17) is 10.5 Å². The van der Waals surface area contributed by atoms with Crippen molar-refractivity contribution in [2.24, 2.45) is 0 Å². The van der Waals surface area contributed by atoms with Crippen LogP contribution in [0, 0.1) is 0 Å². The van der Waals surface area contributed by atoms with E-state index in [2.05, 4.69) is 10.9 Å². The molecule has 0 saturated carbocycles. The molecule has 0 bridgehead atoms. The summed E-state index contributed by atoms with van der Waals surface area (Å²) in [6.45, 7) is 0.928. The van der Waals surface area contributed by atoms with Gasteiger partial charge in [-0.2, -0.15) is 9.99 Å². The van der Waals surface area contributed by atoms with E-state index >= 15 is 0 Å². The normalized spacial score (nSPS) is 9.93. The molecular weight excluding hydrogens is 408 g/mol. The summed E-state index contributed by atoms with van der Waals surface area (Å²) in [4.78, 5) is 12.1. The van der Waals surface area contributed by atoms with Gasteiger partial charge in [-0.3, -0.25) is 10.2 Å². The molecule has 0 aliphatic rings. The number of carbonyl (C=O) groups excluding carboxylic acids is 1. The van der Waals surface area contributed by atoms with Gasteiger partial charge in [-0.25, -0.2) is 0 Å². The molecule has 0 aliphatic heterocycles. The highest BCUT2D eigenvalue weighted by Gasteiger charge is 2.06. The molecule has 0 aliphatic carbocycles. The Hall–Kier alpha value is -2.90. The third-order valence-electron chi connectivity index (χ3n) is 3.75. The number of hydrazine groups is 1. The molecule has 0 radical (unpaired) electrons. The molecule has 7 heteroatoms. The maximum Gasteiger partial charge on any atom is 0.265 e. The number of nitrogens with zero attached hydrogens (tertiary/aromatic N) is 1. The van der Waals surface area contributed by atoms with Gasteiger partial charge in [0.25, 0.3) is 5.91 Å². The van der Waals surface area contributed by atoms with E-state index < -0.39 is 0 Å². The Morgan fingerprint density at radius 1 is 0.963 bits per heavy atom. The van der Waals surface area contributed by atoms with Crippen LogP contribution in [0.15, 0.2) is 79.1 Å². The summed E-state index contributed by atoms with van der Waals surface area (Å²) in [5.41, 5.74) is 13.5. The molecule has 0 spiro atoms. The third kappa shape index (κ3) is 6.40. The summed E-state index contributed by atoms with van der Waals surface area (Å²) in [6.07, 6.45) is 3.65. The first-order valence-electron chi connectivity index (χ1n) is 8.25. The average Bonchev–Trinajstić information content (AvgIpc) is 2.69. The fraction of sp³-hybridized carbons (Fsp3) is 0.100. The summed E-state index contributed by atoms with van der Waals surface area (Å²) in [5.74, 6) is 0.506. The van der Waals surface area contributed by atoms with Crippen LogP contribution in [-0.2, 0) is 13.3 Å². The topological polar surface area (TPSA) is 80.3 Å². The fourth-order valence-electron chi connectivity index (χ4n) is 2.30. The number of rotatable bonds is 7. The molecule has 140 valence electrons. The predicted octanol–water partition coefficient (Wildman–Crippen LogP) is -0.969. The highest BCUT2D eigenvalue weighted by Crippen LogP contribution is 2.14. The lowest BCUT2D eigenvalue weighted by Gasteiger charge is -2.08. The lowest BCUT2D eigenvalue weighted by atomic mass is 10.2. The first-order valence-corrected chi connectivity index (χ1v) is 8.25. The van der Waals surface area contributed by atoms with Gasteiger partial charge in [0, 0.05) is 23.4 Å². The molecule has 2 aromatic carbocycles. The minimum absolute atomic E-state index is 0. The number of anilines is 1. The molecule has 27 heavy (non-hydrogen) atoms. The van der Waals surface area contributed by atoms with Gasteiger partial charge < -0.3 is 27.5 Å². The minimum atomic E-state index is -0.212. The summed E-state index contributed by atoms with van der Waals surface area (Å²) < 4.78 is 7.57. The summed E-state index contributed by atoms with van der Waals surface area (Å²) in [7, 11) is 0. The number of nitrogens with two attached hydrogens (primary N) is 1. The van der Waals surface area contributed by atoms with Crippen LogP contribution >= 0.6 is 0 Å². The Balaban J connectivity index is 0.00000261. The second-order valence-electron chi connectivity index (χ2n) is 5.73. The largest absolute Gasteiger partial charge is 1.00 e. The Bertz CT molecular complexity index is 840. The van der Waals surface area contributed by atoms with Gasteiger partial charge in [-0.05, 0) is 29.8 Å².